The van der Waals surface area contributed by atoms with E-state index in [1.54, 1.807) is 13.0 Å². The Morgan fingerprint density at radius 2 is 1.91 bits per heavy atom. The van der Waals surface area contributed by atoms with E-state index >= 15 is 0 Å². The summed E-state index contributed by atoms with van der Waals surface area (Å²) in [6.45, 7) is 3.50. The van der Waals surface area contributed by atoms with Crippen LogP contribution in [-0.4, -0.2) is 11.0 Å². The third kappa shape index (κ3) is 2.57. The Hall–Kier alpha value is -2.33. The van der Waals surface area contributed by atoms with Crippen LogP contribution in [0.4, 0.5) is 0 Å². The minimum absolute atomic E-state index is 0.169. The van der Waals surface area contributed by atoms with Crippen LogP contribution in [0.15, 0.2) is 46.9 Å². The molecule has 1 unspecified atom stereocenters. The number of rotatable bonds is 4. The predicted molar refractivity (Wildman–Crippen MR) is 86.3 cm³/mol. The highest BCUT2D eigenvalue weighted by atomic mass is 16.3. The van der Waals surface area contributed by atoms with Crippen molar-refractivity contribution in [1.29, 1.82) is 0 Å². The van der Waals surface area contributed by atoms with Crippen LogP contribution in [-0.2, 0) is 10.5 Å². The summed E-state index contributed by atoms with van der Waals surface area (Å²) in [7, 11) is 0. The lowest BCUT2D eigenvalue weighted by Gasteiger charge is -2.25. The quantitative estimate of drug-likeness (QED) is 0.722. The summed E-state index contributed by atoms with van der Waals surface area (Å²) in [4.78, 5) is 11.7. The molecule has 0 aliphatic rings. The first-order valence-electron chi connectivity index (χ1n) is 7.46. The molecule has 0 bridgehead atoms. The van der Waals surface area contributed by atoms with Gasteiger partial charge in [-0.25, -0.2) is 0 Å². The number of para-hydroxylation sites is 1. The Bertz CT molecular complexity index is 833. The fourth-order valence-corrected chi connectivity index (χ4v) is 2.66. The van der Waals surface area contributed by atoms with Crippen molar-refractivity contribution in [3.05, 3.63) is 48.0 Å². The van der Waals surface area contributed by atoms with Gasteiger partial charge in [0.05, 0.1) is 0 Å². The normalized spacial score (nSPS) is 14.1. The Morgan fingerprint density at radius 1 is 1.18 bits per heavy atom. The average Bonchev–Trinajstić information content (AvgIpc) is 2.84. The first-order chi connectivity index (χ1) is 10.5. The Labute approximate surface area is 128 Å². The molecular formula is C18H19NO3. The van der Waals surface area contributed by atoms with Crippen molar-refractivity contribution >= 4 is 27.8 Å². The van der Waals surface area contributed by atoms with Gasteiger partial charge >= 0.3 is 0 Å². The molecule has 0 spiro atoms. The molecule has 2 N–H and O–H groups in total. The van der Waals surface area contributed by atoms with Crippen molar-refractivity contribution in [3.8, 4) is 0 Å². The standard InChI is InChI=1S/C18H19NO3/c1-3-6-17(20)19-18(2,21)12-9-10-14-13-7-4-5-8-15(13)22-16(14)11-12/h4-5,7-11,21H,3,6H2,1-2H3,(H,19,20). The van der Waals surface area contributed by atoms with E-state index in [9.17, 15) is 9.90 Å². The zero-order valence-corrected chi connectivity index (χ0v) is 12.7. The molecule has 114 valence electrons. The van der Waals surface area contributed by atoms with Gasteiger partial charge in [-0.15, -0.1) is 0 Å². The summed E-state index contributed by atoms with van der Waals surface area (Å²) in [5.41, 5.74) is 0.691. The highest BCUT2D eigenvalue weighted by Crippen LogP contribution is 2.31. The summed E-state index contributed by atoms with van der Waals surface area (Å²) in [6.07, 6.45) is 1.13. The molecule has 22 heavy (non-hydrogen) atoms. The van der Waals surface area contributed by atoms with Crippen LogP contribution >= 0.6 is 0 Å². The summed E-state index contributed by atoms with van der Waals surface area (Å²) >= 11 is 0. The molecule has 0 saturated carbocycles. The Kier molecular flexibility index (Phi) is 3.62. The first-order valence-corrected chi connectivity index (χ1v) is 7.46. The molecule has 0 radical (unpaired) electrons. The van der Waals surface area contributed by atoms with Gasteiger partial charge in [0.2, 0.25) is 5.91 Å². The van der Waals surface area contributed by atoms with Crippen LogP contribution in [0.5, 0.6) is 0 Å². The fraction of sp³-hybridized carbons (Fsp3) is 0.278. The number of furan rings is 1. The molecule has 0 fully saturated rings. The Balaban J connectivity index is 2.00. The van der Waals surface area contributed by atoms with Gasteiger partial charge in [-0.3, -0.25) is 4.79 Å². The van der Waals surface area contributed by atoms with Crippen molar-refractivity contribution in [1.82, 2.24) is 5.32 Å². The monoisotopic (exact) mass is 297 g/mol. The van der Waals surface area contributed by atoms with E-state index in [1.165, 1.54) is 0 Å². The largest absolute Gasteiger partial charge is 0.456 e. The minimum Gasteiger partial charge on any atom is -0.456 e. The lowest BCUT2D eigenvalue weighted by molar-refractivity contribution is -0.128. The highest BCUT2D eigenvalue weighted by Gasteiger charge is 2.25. The summed E-state index contributed by atoms with van der Waals surface area (Å²) in [5.74, 6) is -0.169. The van der Waals surface area contributed by atoms with Gasteiger partial charge in [0.15, 0.2) is 5.72 Å². The zero-order valence-electron chi connectivity index (χ0n) is 12.7. The number of fused-ring (bicyclic) bond motifs is 3. The third-order valence-corrected chi connectivity index (χ3v) is 3.80. The molecule has 3 rings (SSSR count). The maximum Gasteiger partial charge on any atom is 0.222 e. The Morgan fingerprint density at radius 3 is 2.68 bits per heavy atom. The molecule has 1 atom stereocenters. The van der Waals surface area contributed by atoms with E-state index in [2.05, 4.69) is 5.32 Å². The van der Waals surface area contributed by atoms with Gasteiger partial charge in [0, 0.05) is 22.8 Å². The van der Waals surface area contributed by atoms with Crippen molar-refractivity contribution in [3.63, 3.8) is 0 Å². The van der Waals surface area contributed by atoms with Gasteiger partial charge < -0.3 is 14.8 Å². The van der Waals surface area contributed by atoms with E-state index in [-0.39, 0.29) is 5.91 Å². The SMILES string of the molecule is CCCC(=O)NC(C)(O)c1ccc2c(c1)oc1ccccc12. The molecule has 1 amide bonds. The van der Waals surface area contributed by atoms with Crippen LogP contribution in [0, 0.1) is 0 Å². The molecule has 1 aromatic heterocycles. The molecule has 0 aliphatic heterocycles. The van der Waals surface area contributed by atoms with Gasteiger partial charge in [-0.05, 0) is 25.5 Å². The number of amides is 1. The number of carbonyl (C=O) groups excluding carboxylic acids is 1. The van der Waals surface area contributed by atoms with E-state index in [0.717, 1.165) is 22.8 Å². The third-order valence-electron chi connectivity index (χ3n) is 3.80. The number of carbonyl (C=O) groups is 1. The number of aliphatic hydroxyl groups is 1. The van der Waals surface area contributed by atoms with Crippen molar-refractivity contribution < 1.29 is 14.3 Å². The molecular weight excluding hydrogens is 278 g/mol. The maximum absolute atomic E-state index is 11.7. The number of hydrogen-bond donors (Lipinski definition) is 2. The number of nitrogens with one attached hydrogen (secondary N) is 1. The molecule has 4 heteroatoms. The second kappa shape index (κ2) is 5.46. The number of benzene rings is 2. The summed E-state index contributed by atoms with van der Waals surface area (Å²) in [5, 5.41) is 15.2. The number of hydrogen-bond acceptors (Lipinski definition) is 3. The van der Waals surface area contributed by atoms with E-state index in [4.69, 9.17) is 4.42 Å². The first kappa shape index (κ1) is 14.6. The molecule has 1 heterocycles. The van der Waals surface area contributed by atoms with E-state index in [0.29, 0.717) is 17.6 Å². The molecule has 0 aliphatic carbocycles. The van der Waals surface area contributed by atoms with Crippen molar-refractivity contribution in [2.75, 3.05) is 0 Å². The maximum atomic E-state index is 11.7. The van der Waals surface area contributed by atoms with Crippen LogP contribution < -0.4 is 5.32 Å². The van der Waals surface area contributed by atoms with Gasteiger partial charge in [-0.2, -0.15) is 0 Å². The van der Waals surface area contributed by atoms with Crippen molar-refractivity contribution in [2.45, 2.75) is 32.4 Å². The van der Waals surface area contributed by atoms with Gasteiger partial charge in [-0.1, -0.05) is 37.3 Å². The average molecular weight is 297 g/mol. The molecule has 4 nitrogen and oxygen atoms in total. The van der Waals surface area contributed by atoms with Crippen LogP contribution in [0.3, 0.4) is 0 Å². The smallest absolute Gasteiger partial charge is 0.222 e. The van der Waals surface area contributed by atoms with Gasteiger partial charge in [0.1, 0.15) is 11.2 Å². The van der Waals surface area contributed by atoms with Crippen LogP contribution in [0.25, 0.3) is 21.9 Å². The van der Waals surface area contributed by atoms with E-state index < -0.39 is 5.72 Å². The lowest BCUT2D eigenvalue weighted by Crippen LogP contribution is -2.43. The summed E-state index contributed by atoms with van der Waals surface area (Å²) < 4.78 is 5.82. The molecule has 0 saturated heterocycles. The van der Waals surface area contributed by atoms with Gasteiger partial charge in [0.25, 0.3) is 0 Å². The van der Waals surface area contributed by atoms with Crippen LogP contribution in [0.1, 0.15) is 32.3 Å². The second-order valence-corrected chi connectivity index (χ2v) is 5.68. The highest BCUT2D eigenvalue weighted by molar-refractivity contribution is 6.04. The topological polar surface area (TPSA) is 62.5 Å². The molecule has 3 aromatic rings. The van der Waals surface area contributed by atoms with E-state index in [1.807, 2.05) is 43.3 Å². The van der Waals surface area contributed by atoms with Crippen LogP contribution in [0.2, 0.25) is 0 Å². The fourth-order valence-electron chi connectivity index (χ4n) is 2.66. The second-order valence-electron chi connectivity index (χ2n) is 5.68. The minimum atomic E-state index is -1.42. The molecule has 2 aromatic carbocycles. The lowest BCUT2D eigenvalue weighted by atomic mass is 10.0. The van der Waals surface area contributed by atoms with Crippen molar-refractivity contribution in [2.24, 2.45) is 0 Å². The zero-order chi connectivity index (χ0) is 15.7. The summed E-state index contributed by atoms with van der Waals surface area (Å²) in [6, 6.07) is 13.3. The predicted octanol–water partition coefficient (Wildman–Crippen LogP) is 3.67.